The average Bonchev–Trinajstić information content (AvgIpc) is 2.34. The number of carbonyl (C=O) groups is 1. The SMILES string of the molecule is COc1ccc(CC(CCN(C)C)C(=O)O)cc1. The van der Waals surface area contributed by atoms with Crippen molar-refractivity contribution in [3.8, 4) is 5.75 Å². The molecule has 1 unspecified atom stereocenters. The summed E-state index contributed by atoms with van der Waals surface area (Å²) in [5.41, 5.74) is 1.03. The van der Waals surface area contributed by atoms with Gasteiger partial charge in [-0.25, -0.2) is 0 Å². The first-order valence-corrected chi connectivity index (χ1v) is 6.03. The number of carboxylic acid groups (broad SMARTS) is 1. The summed E-state index contributed by atoms with van der Waals surface area (Å²) in [5.74, 6) is -0.271. The highest BCUT2D eigenvalue weighted by molar-refractivity contribution is 5.70. The number of carboxylic acids is 1. The molecule has 1 aromatic rings. The predicted molar refractivity (Wildman–Crippen MR) is 71.0 cm³/mol. The van der Waals surface area contributed by atoms with Crippen LogP contribution in [0.2, 0.25) is 0 Å². The Labute approximate surface area is 108 Å². The number of methoxy groups -OCH3 is 1. The fourth-order valence-electron chi connectivity index (χ4n) is 1.77. The molecule has 1 rings (SSSR count). The van der Waals surface area contributed by atoms with Gasteiger partial charge in [-0.3, -0.25) is 4.79 Å². The van der Waals surface area contributed by atoms with Crippen molar-refractivity contribution in [1.29, 1.82) is 0 Å². The molecule has 0 radical (unpaired) electrons. The molecule has 0 aromatic heterocycles. The number of aliphatic carboxylic acids is 1. The molecule has 1 N–H and O–H groups in total. The fraction of sp³-hybridized carbons (Fsp3) is 0.500. The molecule has 0 aliphatic carbocycles. The summed E-state index contributed by atoms with van der Waals surface area (Å²) in [5, 5.41) is 9.21. The number of benzene rings is 1. The van der Waals surface area contributed by atoms with Gasteiger partial charge in [0.1, 0.15) is 5.75 Å². The zero-order valence-corrected chi connectivity index (χ0v) is 11.2. The summed E-state index contributed by atoms with van der Waals surface area (Å²) < 4.78 is 5.08. The van der Waals surface area contributed by atoms with E-state index in [9.17, 15) is 9.90 Å². The number of hydrogen-bond acceptors (Lipinski definition) is 3. The van der Waals surface area contributed by atoms with Gasteiger partial charge in [0, 0.05) is 0 Å². The van der Waals surface area contributed by atoms with Crippen LogP contribution in [0.4, 0.5) is 0 Å². The maximum absolute atomic E-state index is 11.2. The van der Waals surface area contributed by atoms with Gasteiger partial charge in [0.25, 0.3) is 0 Å². The van der Waals surface area contributed by atoms with Crippen LogP contribution in [0.5, 0.6) is 5.75 Å². The largest absolute Gasteiger partial charge is 0.497 e. The highest BCUT2D eigenvalue weighted by atomic mass is 16.5. The molecule has 0 spiro atoms. The van der Waals surface area contributed by atoms with E-state index in [1.165, 1.54) is 0 Å². The van der Waals surface area contributed by atoms with Gasteiger partial charge in [-0.15, -0.1) is 0 Å². The van der Waals surface area contributed by atoms with Crippen molar-refractivity contribution >= 4 is 5.97 Å². The van der Waals surface area contributed by atoms with Crippen LogP contribution in [-0.2, 0) is 11.2 Å². The number of nitrogens with zero attached hydrogens (tertiary/aromatic N) is 1. The summed E-state index contributed by atoms with van der Waals surface area (Å²) in [6.07, 6.45) is 1.22. The minimum atomic E-state index is -0.729. The van der Waals surface area contributed by atoms with Crippen LogP contribution in [-0.4, -0.2) is 43.7 Å². The number of ether oxygens (including phenoxy) is 1. The monoisotopic (exact) mass is 251 g/mol. The predicted octanol–water partition coefficient (Wildman–Crippen LogP) is 1.89. The second kappa shape index (κ2) is 7.01. The van der Waals surface area contributed by atoms with E-state index in [0.717, 1.165) is 17.9 Å². The molecule has 0 amide bonds. The van der Waals surface area contributed by atoms with Crippen molar-refractivity contribution in [2.24, 2.45) is 5.92 Å². The van der Waals surface area contributed by atoms with Crippen LogP contribution in [0.1, 0.15) is 12.0 Å². The van der Waals surface area contributed by atoms with E-state index in [-0.39, 0.29) is 5.92 Å². The Hall–Kier alpha value is -1.55. The minimum absolute atomic E-state index is 0.333. The Balaban J connectivity index is 2.61. The Bertz CT molecular complexity index is 373. The van der Waals surface area contributed by atoms with Crippen molar-refractivity contribution in [1.82, 2.24) is 4.90 Å². The first-order chi connectivity index (χ1) is 8.52. The number of hydrogen-bond donors (Lipinski definition) is 1. The molecule has 0 fully saturated rings. The van der Waals surface area contributed by atoms with Gasteiger partial charge in [0.2, 0.25) is 0 Å². The third-order valence-electron chi connectivity index (χ3n) is 2.92. The van der Waals surface area contributed by atoms with Crippen molar-refractivity contribution in [2.75, 3.05) is 27.7 Å². The maximum atomic E-state index is 11.2. The zero-order chi connectivity index (χ0) is 13.5. The lowest BCUT2D eigenvalue weighted by Crippen LogP contribution is -2.23. The molecular formula is C14H21NO3. The topological polar surface area (TPSA) is 49.8 Å². The van der Waals surface area contributed by atoms with E-state index in [1.807, 2.05) is 43.3 Å². The van der Waals surface area contributed by atoms with Crippen molar-refractivity contribution < 1.29 is 14.6 Å². The molecule has 0 aliphatic heterocycles. The molecule has 18 heavy (non-hydrogen) atoms. The van der Waals surface area contributed by atoms with Crippen LogP contribution < -0.4 is 4.74 Å². The summed E-state index contributed by atoms with van der Waals surface area (Å²) in [7, 11) is 5.52. The molecule has 0 bridgehead atoms. The minimum Gasteiger partial charge on any atom is -0.497 e. The fourth-order valence-corrected chi connectivity index (χ4v) is 1.77. The van der Waals surface area contributed by atoms with E-state index in [2.05, 4.69) is 0 Å². The molecular weight excluding hydrogens is 230 g/mol. The van der Waals surface area contributed by atoms with E-state index in [0.29, 0.717) is 12.8 Å². The highest BCUT2D eigenvalue weighted by Gasteiger charge is 2.17. The zero-order valence-electron chi connectivity index (χ0n) is 11.2. The Morgan fingerprint density at radius 1 is 1.33 bits per heavy atom. The number of rotatable bonds is 7. The standard InChI is InChI=1S/C14H21NO3/c1-15(2)9-8-12(14(16)17)10-11-4-6-13(18-3)7-5-11/h4-7,12H,8-10H2,1-3H3,(H,16,17). The van der Waals surface area contributed by atoms with Crippen LogP contribution in [0, 0.1) is 5.92 Å². The second-order valence-corrected chi connectivity index (χ2v) is 4.68. The van der Waals surface area contributed by atoms with Gasteiger partial charge >= 0.3 is 5.97 Å². The maximum Gasteiger partial charge on any atom is 0.306 e. The van der Waals surface area contributed by atoms with E-state index < -0.39 is 5.97 Å². The average molecular weight is 251 g/mol. The molecule has 1 atom stereocenters. The molecule has 0 saturated heterocycles. The van der Waals surface area contributed by atoms with Crippen LogP contribution in [0.25, 0.3) is 0 Å². The van der Waals surface area contributed by atoms with E-state index >= 15 is 0 Å². The summed E-state index contributed by atoms with van der Waals surface area (Å²) in [4.78, 5) is 13.2. The third kappa shape index (κ3) is 4.75. The lowest BCUT2D eigenvalue weighted by Gasteiger charge is -2.15. The van der Waals surface area contributed by atoms with Crippen LogP contribution in [0.3, 0.4) is 0 Å². The molecule has 0 saturated carbocycles. The van der Waals surface area contributed by atoms with Crippen LogP contribution in [0.15, 0.2) is 24.3 Å². The Morgan fingerprint density at radius 2 is 1.94 bits per heavy atom. The quantitative estimate of drug-likeness (QED) is 0.804. The summed E-state index contributed by atoms with van der Waals surface area (Å²) >= 11 is 0. The van der Waals surface area contributed by atoms with Gasteiger partial charge in [0.05, 0.1) is 13.0 Å². The van der Waals surface area contributed by atoms with Gasteiger partial charge in [-0.05, 0) is 51.2 Å². The van der Waals surface area contributed by atoms with Crippen molar-refractivity contribution in [3.05, 3.63) is 29.8 Å². The molecule has 1 aromatic carbocycles. The highest BCUT2D eigenvalue weighted by Crippen LogP contribution is 2.17. The van der Waals surface area contributed by atoms with Crippen LogP contribution >= 0.6 is 0 Å². The van der Waals surface area contributed by atoms with Gasteiger partial charge in [0.15, 0.2) is 0 Å². The van der Waals surface area contributed by atoms with Crippen molar-refractivity contribution in [3.63, 3.8) is 0 Å². The van der Waals surface area contributed by atoms with E-state index in [4.69, 9.17) is 4.74 Å². The lowest BCUT2D eigenvalue weighted by molar-refractivity contribution is -0.142. The first kappa shape index (κ1) is 14.5. The van der Waals surface area contributed by atoms with Gasteiger partial charge in [-0.1, -0.05) is 12.1 Å². The molecule has 0 heterocycles. The Morgan fingerprint density at radius 3 is 2.39 bits per heavy atom. The van der Waals surface area contributed by atoms with Crippen molar-refractivity contribution in [2.45, 2.75) is 12.8 Å². The molecule has 4 nitrogen and oxygen atoms in total. The summed E-state index contributed by atoms with van der Waals surface area (Å²) in [6.45, 7) is 0.785. The normalized spacial score (nSPS) is 12.4. The lowest BCUT2D eigenvalue weighted by atomic mass is 9.96. The Kier molecular flexibility index (Phi) is 5.65. The van der Waals surface area contributed by atoms with E-state index in [1.54, 1.807) is 7.11 Å². The van der Waals surface area contributed by atoms with Gasteiger partial charge < -0.3 is 14.7 Å². The summed E-state index contributed by atoms with van der Waals surface area (Å²) in [6, 6.07) is 7.56. The smallest absolute Gasteiger partial charge is 0.306 e. The molecule has 4 heteroatoms. The third-order valence-corrected chi connectivity index (χ3v) is 2.92. The van der Waals surface area contributed by atoms with Gasteiger partial charge in [-0.2, -0.15) is 0 Å². The molecule has 0 aliphatic rings. The molecule has 100 valence electrons. The second-order valence-electron chi connectivity index (χ2n) is 4.68. The first-order valence-electron chi connectivity index (χ1n) is 6.03.